The molecule has 0 aromatic heterocycles. The number of hydrogen-bond donors (Lipinski definition) is 0. The predicted octanol–water partition coefficient (Wildman–Crippen LogP) is 7.39. The van der Waals surface area contributed by atoms with Crippen LogP contribution in [0, 0.1) is 16.2 Å². The van der Waals surface area contributed by atoms with Crippen molar-refractivity contribution < 1.29 is 0 Å². The van der Waals surface area contributed by atoms with Gasteiger partial charge in [-0.25, -0.2) is 0 Å². The van der Waals surface area contributed by atoms with E-state index in [2.05, 4.69) is 122 Å². The standard InChI is InChI=1S/C28H28/c1-3-26(19-11-6-12-20-26)28(27(4-2)21-13-7-14-22-27)23-15-10-18-25(28)24-16-8-5-9-17-24/h3-19,21H,1-2,20,22-23H2. The lowest BCUT2D eigenvalue weighted by Gasteiger charge is -2.60. The van der Waals surface area contributed by atoms with Crippen molar-refractivity contribution >= 4 is 5.57 Å². The van der Waals surface area contributed by atoms with Crippen LogP contribution in [0.1, 0.15) is 24.8 Å². The molecule has 0 heteroatoms. The Labute approximate surface area is 169 Å². The van der Waals surface area contributed by atoms with Gasteiger partial charge in [-0.1, -0.05) is 109 Å². The second-order valence-corrected chi connectivity index (χ2v) is 7.96. The van der Waals surface area contributed by atoms with Crippen molar-refractivity contribution in [2.75, 3.05) is 0 Å². The number of allylic oxidation sites excluding steroid dienone is 14. The van der Waals surface area contributed by atoms with Crippen molar-refractivity contribution in [2.45, 2.75) is 19.3 Å². The maximum atomic E-state index is 4.35. The molecule has 140 valence electrons. The zero-order valence-electron chi connectivity index (χ0n) is 16.4. The molecule has 0 saturated carbocycles. The van der Waals surface area contributed by atoms with Crippen molar-refractivity contribution in [3.8, 4) is 0 Å². The molecule has 0 radical (unpaired) electrons. The quantitative estimate of drug-likeness (QED) is 0.478. The van der Waals surface area contributed by atoms with E-state index in [0.717, 1.165) is 19.3 Å². The molecule has 0 nitrogen and oxygen atoms in total. The lowest BCUT2D eigenvalue weighted by molar-refractivity contribution is 0.0912. The summed E-state index contributed by atoms with van der Waals surface area (Å²) in [7, 11) is 0. The number of hydrogen-bond acceptors (Lipinski definition) is 0. The van der Waals surface area contributed by atoms with Crippen LogP contribution in [-0.4, -0.2) is 0 Å². The van der Waals surface area contributed by atoms with Crippen molar-refractivity contribution in [2.24, 2.45) is 16.2 Å². The van der Waals surface area contributed by atoms with Gasteiger partial charge in [0, 0.05) is 16.2 Å². The average Bonchev–Trinajstić information content (AvgIpc) is 2.80. The Morgan fingerprint density at radius 3 is 1.75 bits per heavy atom. The number of rotatable bonds is 5. The van der Waals surface area contributed by atoms with Gasteiger partial charge in [-0.3, -0.25) is 0 Å². The van der Waals surface area contributed by atoms with Crippen LogP contribution in [0.25, 0.3) is 5.57 Å². The van der Waals surface area contributed by atoms with Gasteiger partial charge in [0.15, 0.2) is 0 Å². The van der Waals surface area contributed by atoms with Crippen molar-refractivity contribution in [1.29, 1.82) is 0 Å². The predicted molar refractivity (Wildman–Crippen MR) is 122 cm³/mol. The average molecular weight is 365 g/mol. The summed E-state index contributed by atoms with van der Waals surface area (Å²) in [5, 5.41) is 0. The molecule has 2 atom stereocenters. The highest BCUT2D eigenvalue weighted by atomic mass is 14.6. The molecular formula is C28H28. The van der Waals surface area contributed by atoms with E-state index in [0.29, 0.717) is 0 Å². The minimum atomic E-state index is -0.206. The third-order valence-corrected chi connectivity index (χ3v) is 6.88. The first kappa shape index (κ1) is 18.5. The SMILES string of the molecule is C=CC1(C2(C3(C=C)C=CC=CC3)CC=CC=C2c2ccccc2)C=CC=CC1. The van der Waals surface area contributed by atoms with Gasteiger partial charge < -0.3 is 0 Å². The highest BCUT2D eigenvalue weighted by Crippen LogP contribution is 2.68. The van der Waals surface area contributed by atoms with Crippen LogP contribution in [0.2, 0.25) is 0 Å². The Hall–Kier alpha value is -2.86. The molecule has 0 saturated heterocycles. The van der Waals surface area contributed by atoms with Crippen molar-refractivity contribution in [3.63, 3.8) is 0 Å². The summed E-state index contributed by atoms with van der Waals surface area (Å²) in [6, 6.07) is 10.8. The summed E-state index contributed by atoms with van der Waals surface area (Å²) in [5.41, 5.74) is 2.05. The molecule has 4 rings (SSSR count). The summed E-state index contributed by atoms with van der Waals surface area (Å²) >= 11 is 0. The molecule has 1 aromatic carbocycles. The summed E-state index contributed by atoms with van der Waals surface area (Å²) in [4.78, 5) is 0. The largest absolute Gasteiger partial charge is 0.102 e. The van der Waals surface area contributed by atoms with Gasteiger partial charge in [-0.05, 0) is 30.4 Å². The molecule has 0 heterocycles. The third kappa shape index (κ3) is 2.52. The zero-order valence-corrected chi connectivity index (χ0v) is 16.4. The van der Waals surface area contributed by atoms with Crippen molar-refractivity contribution in [1.82, 2.24) is 0 Å². The van der Waals surface area contributed by atoms with Gasteiger partial charge in [-0.15, -0.1) is 13.2 Å². The van der Waals surface area contributed by atoms with E-state index in [1.807, 2.05) is 0 Å². The van der Waals surface area contributed by atoms with Crippen molar-refractivity contribution in [3.05, 3.63) is 128 Å². The van der Waals surface area contributed by atoms with E-state index >= 15 is 0 Å². The highest BCUT2D eigenvalue weighted by Gasteiger charge is 2.60. The summed E-state index contributed by atoms with van der Waals surface area (Å²) in [6.07, 6.45) is 32.0. The zero-order chi connectivity index (χ0) is 19.5. The van der Waals surface area contributed by atoms with Gasteiger partial charge in [0.1, 0.15) is 0 Å². The van der Waals surface area contributed by atoms with E-state index in [9.17, 15) is 0 Å². The Balaban J connectivity index is 2.05. The number of benzene rings is 1. The molecular weight excluding hydrogens is 336 g/mol. The second kappa shape index (κ2) is 7.28. The molecule has 0 fully saturated rings. The van der Waals surface area contributed by atoms with E-state index in [-0.39, 0.29) is 16.2 Å². The van der Waals surface area contributed by atoms with E-state index < -0.39 is 0 Å². The lowest BCUT2D eigenvalue weighted by atomic mass is 9.42. The smallest absolute Gasteiger partial charge is 0.0250 e. The Morgan fingerprint density at radius 1 is 0.679 bits per heavy atom. The van der Waals surface area contributed by atoms with Crippen LogP contribution >= 0.6 is 0 Å². The summed E-state index contributed by atoms with van der Waals surface area (Å²) in [6.45, 7) is 8.70. The molecule has 3 aliphatic carbocycles. The molecule has 2 unspecified atom stereocenters. The first-order chi connectivity index (χ1) is 13.7. The van der Waals surface area contributed by atoms with E-state index in [4.69, 9.17) is 0 Å². The van der Waals surface area contributed by atoms with Crippen LogP contribution in [0.15, 0.2) is 122 Å². The Kier molecular flexibility index (Phi) is 4.81. The fourth-order valence-electron chi connectivity index (χ4n) is 5.49. The third-order valence-electron chi connectivity index (χ3n) is 6.88. The molecule has 0 bridgehead atoms. The first-order valence-corrected chi connectivity index (χ1v) is 10.1. The summed E-state index contributed by atoms with van der Waals surface area (Å²) in [5.74, 6) is 0. The van der Waals surface area contributed by atoms with E-state index in [1.54, 1.807) is 0 Å². The topological polar surface area (TPSA) is 0 Å². The monoisotopic (exact) mass is 364 g/mol. The van der Waals surface area contributed by atoms with Crippen LogP contribution in [-0.2, 0) is 0 Å². The minimum Gasteiger partial charge on any atom is -0.102 e. The molecule has 0 aliphatic heterocycles. The molecule has 1 aromatic rings. The molecule has 0 spiro atoms. The molecule has 3 aliphatic rings. The van der Waals surface area contributed by atoms with Gasteiger partial charge in [0.05, 0.1) is 0 Å². The normalized spacial score (nSPS) is 33.5. The van der Waals surface area contributed by atoms with Gasteiger partial charge in [-0.2, -0.15) is 0 Å². The molecule has 0 amide bonds. The van der Waals surface area contributed by atoms with Crippen LogP contribution in [0.4, 0.5) is 0 Å². The fourth-order valence-corrected chi connectivity index (χ4v) is 5.49. The fraction of sp³-hybridized carbons (Fsp3) is 0.214. The van der Waals surface area contributed by atoms with Crippen LogP contribution in [0.5, 0.6) is 0 Å². The Bertz CT molecular complexity index is 890. The second-order valence-electron chi connectivity index (χ2n) is 7.96. The van der Waals surface area contributed by atoms with E-state index in [1.165, 1.54) is 11.1 Å². The Morgan fingerprint density at radius 2 is 1.25 bits per heavy atom. The van der Waals surface area contributed by atoms with Crippen LogP contribution < -0.4 is 0 Å². The molecule has 0 N–H and O–H groups in total. The maximum Gasteiger partial charge on any atom is 0.0250 e. The van der Waals surface area contributed by atoms with Gasteiger partial charge in [0.25, 0.3) is 0 Å². The lowest BCUT2D eigenvalue weighted by Crippen LogP contribution is -2.52. The first-order valence-electron chi connectivity index (χ1n) is 10.1. The summed E-state index contributed by atoms with van der Waals surface area (Å²) < 4.78 is 0. The highest BCUT2D eigenvalue weighted by molar-refractivity contribution is 5.77. The van der Waals surface area contributed by atoms with Gasteiger partial charge >= 0.3 is 0 Å². The van der Waals surface area contributed by atoms with Crippen LogP contribution in [0.3, 0.4) is 0 Å². The maximum absolute atomic E-state index is 4.35. The van der Waals surface area contributed by atoms with Gasteiger partial charge in [0.2, 0.25) is 0 Å². The minimum absolute atomic E-state index is 0.197. The molecule has 28 heavy (non-hydrogen) atoms.